The van der Waals surface area contributed by atoms with Gasteiger partial charge in [-0.05, 0) is 11.1 Å². The Bertz CT molecular complexity index is 541. The Hall–Kier alpha value is -2.55. The number of methoxy groups -OCH3 is 1. The number of benzene rings is 2. The molecule has 2 aromatic carbocycles. The zero-order chi connectivity index (χ0) is 15.1. The number of carbonyl (C=O) groups excluding carboxylic acids is 1. The molecule has 0 aromatic heterocycles. The van der Waals surface area contributed by atoms with Crippen LogP contribution in [0.4, 0.5) is 4.79 Å². The van der Waals surface area contributed by atoms with Crippen molar-refractivity contribution in [2.75, 3.05) is 7.11 Å². The first-order valence-corrected chi connectivity index (χ1v) is 6.83. The molecule has 0 bridgehead atoms. The molecule has 108 valence electrons. The molecule has 0 aliphatic rings. The first kappa shape index (κ1) is 14.9. The summed E-state index contributed by atoms with van der Waals surface area (Å²) in [5, 5.41) is 2.83. The van der Waals surface area contributed by atoms with Crippen molar-refractivity contribution in [1.29, 1.82) is 0 Å². The zero-order valence-corrected chi connectivity index (χ0v) is 12.0. The van der Waals surface area contributed by atoms with Crippen molar-refractivity contribution in [2.45, 2.75) is 12.0 Å². The van der Waals surface area contributed by atoms with Crippen molar-refractivity contribution in [2.24, 2.45) is 0 Å². The normalized spacial score (nSPS) is 11.7. The molecule has 0 aliphatic carbocycles. The molecule has 0 saturated heterocycles. The fourth-order valence-electron chi connectivity index (χ4n) is 2.40. The Labute approximate surface area is 125 Å². The number of rotatable bonds is 5. The van der Waals surface area contributed by atoms with Crippen molar-refractivity contribution < 1.29 is 9.53 Å². The van der Waals surface area contributed by atoms with Crippen LogP contribution < -0.4 is 5.32 Å². The Kier molecular flexibility index (Phi) is 5.16. The molecular formula is C18H19NO2. The fourth-order valence-corrected chi connectivity index (χ4v) is 2.40. The molecule has 3 nitrogen and oxygen atoms in total. The maximum atomic E-state index is 11.6. The van der Waals surface area contributed by atoms with E-state index in [9.17, 15) is 4.79 Å². The molecule has 2 aromatic rings. The van der Waals surface area contributed by atoms with E-state index < -0.39 is 6.09 Å². The van der Waals surface area contributed by atoms with Gasteiger partial charge in [0.2, 0.25) is 0 Å². The van der Waals surface area contributed by atoms with Crippen LogP contribution in [-0.4, -0.2) is 19.2 Å². The van der Waals surface area contributed by atoms with Crippen LogP contribution in [0.2, 0.25) is 0 Å². The van der Waals surface area contributed by atoms with E-state index in [0.29, 0.717) is 0 Å². The van der Waals surface area contributed by atoms with Gasteiger partial charge in [-0.25, -0.2) is 4.79 Å². The van der Waals surface area contributed by atoms with Crippen LogP contribution in [0.25, 0.3) is 0 Å². The van der Waals surface area contributed by atoms with Crippen molar-refractivity contribution >= 4 is 6.09 Å². The largest absolute Gasteiger partial charge is 0.453 e. The highest BCUT2D eigenvalue weighted by Crippen LogP contribution is 2.28. The van der Waals surface area contributed by atoms with Gasteiger partial charge in [-0.1, -0.05) is 66.7 Å². The Morgan fingerprint density at radius 2 is 1.52 bits per heavy atom. The quantitative estimate of drug-likeness (QED) is 0.848. The van der Waals surface area contributed by atoms with Gasteiger partial charge in [0.25, 0.3) is 0 Å². The fraction of sp³-hybridized carbons (Fsp3) is 0.167. The molecule has 21 heavy (non-hydrogen) atoms. The number of hydrogen-bond acceptors (Lipinski definition) is 2. The minimum absolute atomic E-state index is 0.0102. The smallest absolute Gasteiger partial charge is 0.407 e. The van der Waals surface area contributed by atoms with E-state index in [4.69, 9.17) is 4.74 Å². The zero-order valence-electron chi connectivity index (χ0n) is 12.0. The summed E-state index contributed by atoms with van der Waals surface area (Å²) in [5.41, 5.74) is 2.23. The molecule has 1 atom stereocenters. The second-order valence-electron chi connectivity index (χ2n) is 4.70. The minimum Gasteiger partial charge on any atom is -0.453 e. The minimum atomic E-state index is -0.461. The lowest BCUT2D eigenvalue weighted by molar-refractivity contribution is 0.168. The Balaban J connectivity index is 2.40. The number of hydrogen-bond donors (Lipinski definition) is 1. The average Bonchev–Trinajstić information content (AvgIpc) is 2.56. The number of carbonyl (C=O) groups is 1. The SMILES string of the molecule is C=CC(NC(=O)OC)C(c1ccccc1)c1ccccc1. The van der Waals surface area contributed by atoms with Crippen molar-refractivity contribution in [3.8, 4) is 0 Å². The van der Waals surface area contributed by atoms with Crippen LogP contribution in [-0.2, 0) is 4.74 Å². The van der Waals surface area contributed by atoms with Crippen molar-refractivity contribution in [3.63, 3.8) is 0 Å². The first-order valence-electron chi connectivity index (χ1n) is 6.83. The van der Waals surface area contributed by atoms with Gasteiger partial charge < -0.3 is 10.1 Å². The van der Waals surface area contributed by atoms with Gasteiger partial charge in [0.15, 0.2) is 0 Å². The maximum Gasteiger partial charge on any atom is 0.407 e. The molecule has 0 fully saturated rings. The van der Waals surface area contributed by atoms with Gasteiger partial charge in [0.1, 0.15) is 0 Å². The summed E-state index contributed by atoms with van der Waals surface area (Å²) in [7, 11) is 1.36. The highest BCUT2D eigenvalue weighted by Gasteiger charge is 2.24. The molecule has 0 heterocycles. The third-order valence-corrected chi connectivity index (χ3v) is 3.40. The molecule has 1 unspecified atom stereocenters. The molecule has 0 spiro atoms. The van der Waals surface area contributed by atoms with E-state index in [-0.39, 0.29) is 12.0 Å². The monoisotopic (exact) mass is 281 g/mol. The molecule has 0 saturated carbocycles. The lowest BCUT2D eigenvalue weighted by Crippen LogP contribution is -2.38. The molecule has 1 amide bonds. The van der Waals surface area contributed by atoms with E-state index in [0.717, 1.165) is 11.1 Å². The van der Waals surface area contributed by atoms with Crippen molar-refractivity contribution in [1.82, 2.24) is 5.32 Å². The standard InChI is InChI=1S/C18H19NO2/c1-3-16(19-18(20)21-2)17(14-10-6-4-7-11-14)15-12-8-5-9-13-15/h3-13,16-17H,1H2,2H3,(H,19,20). The second kappa shape index (κ2) is 7.29. The van der Waals surface area contributed by atoms with Crippen LogP contribution in [0.3, 0.4) is 0 Å². The van der Waals surface area contributed by atoms with Gasteiger partial charge in [0.05, 0.1) is 13.2 Å². The van der Waals surface area contributed by atoms with Crippen LogP contribution in [0.5, 0.6) is 0 Å². The van der Waals surface area contributed by atoms with Crippen molar-refractivity contribution in [3.05, 3.63) is 84.4 Å². The Morgan fingerprint density at radius 3 is 1.90 bits per heavy atom. The number of ether oxygens (including phenoxy) is 1. The Morgan fingerprint density at radius 1 is 1.05 bits per heavy atom. The van der Waals surface area contributed by atoms with E-state index in [1.807, 2.05) is 60.7 Å². The summed E-state index contributed by atoms with van der Waals surface area (Å²) in [6.07, 6.45) is 1.28. The molecule has 1 N–H and O–H groups in total. The number of alkyl carbamates (subject to hydrolysis) is 1. The lowest BCUT2D eigenvalue weighted by atomic mass is 9.85. The van der Waals surface area contributed by atoms with E-state index in [1.165, 1.54) is 7.11 Å². The summed E-state index contributed by atoms with van der Waals surface area (Å²) < 4.78 is 4.71. The molecule has 0 radical (unpaired) electrons. The highest BCUT2D eigenvalue weighted by atomic mass is 16.5. The average molecular weight is 281 g/mol. The summed E-state index contributed by atoms with van der Waals surface area (Å²) in [6, 6.07) is 19.9. The molecule has 3 heteroatoms. The maximum absolute atomic E-state index is 11.6. The predicted molar refractivity (Wildman–Crippen MR) is 84.3 cm³/mol. The highest BCUT2D eigenvalue weighted by molar-refractivity contribution is 5.68. The van der Waals surface area contributed by atoms with Crippen LogP contribution in [0.15, 0.2) is 73.3 Å². The van der Waals surface area contributed by atoms with Crippen LogP contribution >= 0.6 is 0 Å². The third kappa shape index (κ3) is 3.72. The molecule has 0 aliphatic heterocycles. The first-order chi connectivity index (χ1) is 10.3. The summed E-state index contributed by atoms with van der Waals surface area (Å²) >= 11 is 0. The predicted octanol–water partition coefficient (Wildman–Crippen LogP) is 3.73. The third-order valence-electron chi connectivity index (χ3n) is 3.40. The van der Waals surface area contributed by atoms with E-state index >= 15 is 0 Å². The van der Waals surface area contributed by atoms with Gasteiger partial charge in [-0.2, -0.15) is 0 Å². The van der Waals surface area contributed by atoms with Crippen LogP contribution in [0.1, 0.15) is 17.0 Å². The summed E-state index contributed by atoms with van der Waals surface area (Å²) in [4.78, 5) is 11.6. The topological polar surface area (TPSA) is 38.3 Å². The second-order valence-corrected chi connectivity index (χ2v) is 4.70. The number of amides is 1. The van der Waals surface area contributed by atoms with Gasteiger partial charge in [-0.3, -0.25) is 0 Å². The van der Waals surface area contributed by atoms with Gasteiger partial charge >= 0.3 is 6.09 Å². The van der Waals surface area contributed by atoms with Gasteiger partial charge in [-0.15, -0.1) is 6.58 Å². The molecule has 2 rings (SSSR count). The van der Waals surface area contributed by atoms with Crippen LogP contribution in [0, 0.1) is 0 Å². The van der Waals surface area contributed by atoms with E-state index in [1.54, 1.807) is 6.08 Å². The van der Waals surface area contributed by atoms with Gasteiger partial charge in [0, 0.05) is 5.92 Å². The lowest BCUT2D eigenvalue weighted by Gasteiger charge is -2.26. The molecular weight excluding hydrogens is 262 g/mol. The number of nitrogens with one attached hydrogen (secondary N) is 1. The summed E-state index contributed by atoms with van der Waals surface area (Å²) in [6.45, 7) is 3.85. The van der Waals surface area contributed by atoms with E-state index in [2.05, 4.69) is 11.9 Å². The summed E-state index contributed by atoms with van der Waals surface area (Å²) in [5.74, 6) is -0.0102.